The summed E-state index contributed by atoms with van der Waals surface area (Å²) in [5.74, 6) is -3.06. The third kappa shape index (κ3) is 4.64. The molecule has 4 atom stereocenters. The lowest BCUT2D eigenvalue weighted by Crippen LogP contribution is -2.55. The van der Waals surface area contributed by atoms with Crippen LogP contribution in [0.1, 0.15) is 32.1 Å². The van der Waals surface area contributed by atoms with Crippen LogP contribution in [0.15, 0.2) is 0 Å². The molecule has 2 aliphatic rings. The first-order valence-corrected chi connectivity index (χ1v) is 7.47. The van der Waals surface area contributed by atoms with Crippen molar-refractivity contribution in [2.24, 2.45) is 0 Å². The first-order chi connectivity index (χ1) is 10.5. The van der Waals surface area contributed by atoms with Crippen molar-refractivity contribution >= 4 is 11.9 Å². The molecule has 0 bridgehead atoms. The van der Waals surface area contributed by atoms with Crippen molar-refractivity contribution < 1.29 is 39.1 Å². The minimum absolute atomic E-state index is 0.0659. The second kappa shape index (κ2) is 7.36. The molecule has 0 saturated carbocycles. The van der Waals surface area contributed by atoms with Crippen molar-refractivity contribution in [1.82, 2.24) is 0 Å². The van der Waals surface area contributed by atoms with E-state index in [1.54, 1.807) is 0 Å². The quantitative estimate of drug-likeness (QED) is 0.339. The van der Waals surface area contributed by atoms with Crippen molar-refractivity contribution in [2.45, 2.75) is 56.0 Å². The Morgan fingerprint density at radius 1 is 1.14 bits per heavy atom. The summed E-state index contributed by atoms with van der Waals surface area (Å²) in [7, 11) is 0. The molecule has 8 heteroatoms. The van der Waals surface area contributed by atoms with Crippen molar-refractivity contribution in [3.63, 3.8) is 0 Å². The Kier molecular flexibility index (Phi) is 5.74. The first kappa shape index (κ1) is 17.1. The van der Waals surface area contributed by atoms with E-state index in [0.29, 0.717) is 32.5 Å². The molecule has 22 heavy (non-hydrogen) atoms. The largest absolute Gasteiger partial charge is 0.479 e. The van der Waals surface area contributed by atoms with Gasteiger partial charge in [0.25, 0.3) is 0 Å². The van der Waals surface area contributed by atoms with Crippen molar-refractivity contribution in [3.05, 3.63) is 0 Å². The van der Waals surface area contributed by atoms with Gasteiger partial charge in [-0.3, -0.25) is 0 Å². The van der Waals surface area contributed by atoms with E-state index >= 15 is 0 Å². The molecule has 0 aliphatic carbocycles. The van der Waals surface area contributed by atoms with E-state index in [2.05, 4.69) is 0 Å². The lowest BCUT2D eigenvalue weighted by molar-refractivity contribution is -0.195. The molecule has 2 aliphatic heterocycles. The number of carboxylic acid groups (broad SMARTS) is 2. The number of aliphatic carboxylic acids is 2. The van der Waals surface area contributed by atoms with Gasteiger partial charge in [-0.2, -0.15) is 0 Å². The summed E-state index contributed by atoms with van der Waals surface area (Å²) < 4.78 is 15.5. The molecular weight excluding hydrogens is 296 g/mol. The number of aliphatic hydroxyl groups is 1. The lowest BCUT2D eigenvalue weighted by atomic mass is 9.89. The zero-order chi connectivity index (χ0) is 16.2. The Hall–Kier alpha value is -1.22. The minimum Gasteiger partial charge on any atom is -0.479 e. The van der Waals surface area contributed by atoms with Gasteiger partial charge in [-0.1, -0.05) is 0 Å². The number of hydrogen-bond acceptors (Lipinski definition) is 6. The van der Waals surface area contributed by atoms with Crippen LogP contribution in [0.25, 0.3) is 0 Å². The van der Waals surface area contributed by atoms with Crippen molar-refractivity contribution in [3.8, 4) is 0 Å². The van der Waals surface area contributed by atoms with Crippen LogP contribution < -0.4 is 0 Å². The van der Waals surface area contributed by atoms with Gasteiger partial charge in [0.05, 0.1) is 25.4 Å². The smallest absolute Gasteiger partial charge is 0.339 e. The Morgan fingerprint density at radius 2 is 1.68 bits per heavy atom. The van der Waals surface area contributed by atoms with Gasteiger partial charge in [0.2, 0.25) is 5.60 Å². The van der Waals surface area contributed by atoms with Crippen LogP contribution in [0.3, 0.4) is 0 Å². The highest BCUT2D eigenvalue weighted by Crippen LogP contribution is 2.28. The van der Waals surface area contributed by atoms with E-state index in [1.807, 2.05) is 0 Å². The van der Waals surface area contributed by atoms with Crippen LogP contribution >= 0.6 is 0 Å². The Balaban J connectivity index is 1.92. The van der Waals surface area contributed by atoms with Gasteiger partial charge in [0, 0.05) is 6.61 Å². The number of epoxide rings is 2. The number of hydrogen-bond donors (Lipinski definition) is 3. The monoisotopic (exact) mass is 318 g/mol. The standard InChI is InChI=1S/C14H22O8/c15-11(12(16)17)14(13(18)19,5-1-3-9-7-20-9)22-6-2-4-10-8-21-10/h9-11,15H,1-8H2,(H,16,17)(H,18,19). The number of aliphatic hydroxyl groups excluding tert-OH is 1. The average molecular weight is 318 g/mol. The molecule has 8 nitrogen and oxygen atoms in total. The third-order valence-corrected chi connectivity index (χ3v) is 3.95. The fourth-order valence-corrected chi connectivity index (χ4v) is 2.40. The summed E-state index contributed by atoms with van der Waals surface area (Å²) in [6.45, 7) is 1.41. The van der Waals surface area contributed by atoms with Gasteiger partial charge in [-0.15, -0.1) is 0 Å². The number of ether oxygens (including phenoxy) is 3. The maximum atomic E-state index is 11.6. The van der Waals surface area contributed by atoms with Crippen LogP contribution in [-0.2, 0) is 23.8 Å². The lowest BCUT2D eigenvalue weighted by Gasteiger charge is -2.32. The van der Waals surface area contributed by atoms with Gasteiger partial charge >= 0.3 is 11.9 Å². The predicted octanol–water partition coefficient (Wildman–Crippen LogP) is 0.0200. The average Bonchev–Trinajstić information content (AvgIpc) is 3.35. The van der Waals surface area contributed by atoms with E-state index in [9.17, 15) is 19.8 Å². The molecule has 0 aromatic rings. The summed E-state index contributed by atoms with van der Waals surface area (Å²) in [4.78, 5) is 22.7. The van der Waals surface area contributed by atoms with Crippen molar-refractivity contribution in [2.75, 3.05) is 19.8 Å². The second-order valence-corrected chi connectivity index (χ2v) is 5.73. The highest BCUT2D eigenvalue weighted by molar-refractivity contribution is 5.87. The predicted molar refractivity (Wildman–Crippen MR) is 72.5 cm³/mol. The van der Waals surface area contributed by atoms with Gasteiger partial charge in [0.15, 0.2) is 6.10 Å². The summed E-state index contributed by atoms with van der Waals surface area (Å²) >= 11 is 0. The number of carbonyl (C=O) groups is 2. The zero-order valence-corrected chi connectivity index (χ0v) is 12.3. The van der Waals surface area contributed by atoms with E-state index in [0.717, 1.165) is 6.42 Å². The molecule has 0 aromatic carbocycles. The maximum absolute atomic E-state index is 11.6. The van der Waals surface area contributed by atoms with Gasteiger partial charge < -0.3 is 29.5 Å². The summed E-state index contributed by atoms with van der Waals surface area (Å²) in [6, 6.07) is 0. The Labute approximate surface area is 128 Å². The molecule has 2 saturated heterocycles. The zero-order valence-electron chi connectivity index (χ0n) is 12.3. The summed E-state index contributed by atoms with van der Waals surface area (Å²) in [5, 5.41) is 28.3. The first-order valence-electron chi connectivity index (χ1n) is 7.47. The fourth-order valence-electron chi connectivity index (χ4n) is 2.40. The summed E-state index contributed by atoms with van der Waals surface area (Å²) in [6.07, 6.45) is 0.442. The normalized spacial score (nSPS) is 27.0. The van der Waals surface area contributed by atoms with E-state index in [-0.39, 0.29) is 25.2 Å². The number of carboxylic acids is 2. The summed E-state index contributed by atoms with van der Waals surface area (Å²) in [5.41, 5.74) is -2.12. The molecular formula is C14H22O8. The second-order valence-electron chi connectivity index (χ2n) is 5.73. The van der Waals surface area contributed by atoms with E-state index in [4.69, 9.17) is 19.3 Å². The van der Waals surface area contributed by atoms with E-state index in [1.165, 1.54) is 0 Å². The van der Waals surface area contributed by atoms with Crippen LogP contribution in [-0.4, -0.2) is 71.0 Å². The molecule has 4 unspecified atom stereocenters. The topological polar surface area (TPSA) is 129 Å². The van der Waals surface area contributed by atoms with Crippen LogP contribution in [0, 0.1) is 0 Å². The molecule has 0 amide bonds. The highest BCUT2D eigenvalue weighted by Gasteiger charge is 2.50. The van der Waals surface area contributed by atoms with Crippen LogP contribution in [0.2, 0.25) is 0 Å². The molecule has 0 spiro atoms. The van der Waals surface area contributed by atoms with Crippen LogP contribution in [0.5, 0.6) is 0 Å². The van der Waals surface area contributed by atoms with Gasteiger partial charge in [-0.25, -0.2) is 9.59 Å². The SMILES string of the molecule is O=C(O)C(O)C(CCCC1CO1)(OCCCC1CO1)C(=O)O. The van der Waals surface area contributed by atoms with E-state index < -0.39 is 23.6 Å². The van der Waals surface area contributed by atoms with Crippen LogP contribution in [0.4, 0.5) is 0 Å². The molecule has 2 heterocycles. The fraction of sp³-hybridized carbons (Fsp3) is 0.857. The molecule has 126 valence electrons. The highest BCUT2D eigenvalue weighted by atomic mass is 16.6. The van der Waals surface area contributed by atoms with Crippen molar-refractivity contribution in [1.29, 1.82) is 0 Å². The molecule has 2 rings (SSSR count). The Bertz CT molecular complexity index is 404. The Morgan fingerprint density at radius 3 is 2.14 bits per heavy atom. The molecule has 2 fully saturated rings. The van der Waals surface area contributed by atoms with Gasteiger partial charge in [-0.05, 0) is 32.1 Å². The maximum Gasteiger partial charge on any atom is 0.339 e. The number of rotatable bonds is 12. The molecule has 3 N–H and O–H groups in total. The third-order valence-electron chi connectivity index (χ3n) is 3.95. The molecule has 0 radical (unpaired) electrons. The minimum atomic E-state index is -2.12. The van der Waals surface area contributed by atoms with Gasteiger partial charge in [0.1, 0.15) is 0 Å². The molecule has 0 aromatic heterocycles.